The van der Waals surface area contributed by atoms with Crippen LogP contribution in [-0.2, 0) is 25.1 Å². The molecule has 1 aliphatic rings. The zero-order valence-electron chi connectivity index (χ0n) is 16.4. The molecule has 6 nitrogen and oxygen atoms in total. The molecular formula is C21H22ClNO5S2. The molecule has 2 aromatic rings. The summed E-state index contributed by atoms with van der Waals surface area (Å²) in [6.07, 6.45) is 0.411. The number of ether oxygens (including phenoxy) is 1. The summed E-state index contributed by atoms with van der Waals surface area (Å²) in [4.78, 5) is 26.9. The minimum atomic E-state index is -3.09. The molecule has 0 aromatic heterocycles. The highest BCUT2D eigenvalue weighted by atomic mass is 35.5. The first-order valence-electron chi connectivity index (χ1n) is 9.34. The van der Waals surface area contributed by atoms with Crippen molar-refractivity contribution in [3.05, 3.63) is 64.7 Å². The first kappa shape index (κ1) is 22.7. The summed E-state index contributed by atoms with van der Waals surface area (Å²) in [5.74, 6) is -0.227. The summed E-state index contributed by atoms with van der Waals surface area (Å²) in [5.41, 5.74) is 1.40. The van der Waals surface area contributed by atoms with E-state index in [0.29, 0.717) is 17.0 Å². The number of nitrogens with zero attached hydrogens (tertiary/aromatic N) is 1. The van der Waals surface area contributed by atoms with Gasteiger partial charge in [0, 0.05) is 28.8 Å². The van der Waals surface area contributed by atoms with E-state index in [9.17, 15) is 18.0 Å². The molecule has 0 unspecified atom stereocenters. The third-order valence-electron chi connectivity index (χ3n) is 4.89. The van der Waals surface area contributed by atoms with Crippen molar-refractivity contribution in [1.29, 1.82) is 0 Å². The number of benzene rings is 2. The molecule has 3 rings (SSSR count). The van der Waals surface area contributed by atoms with Crippen LogP contribution >= 0.6 is 23.4 Å². The molecule has 1 fully saturated rings. The molecule has 0 spiro atoms. The summed E-state index contributed by atoms with van der Waals surface area (Å²) < 4.78 is 28.2. The highest BCUT2D eigenvalue weighted by Crippen LogP contribution is 2.24. The van der Waals surface area contributed by atoms with E-state index < -0.39 is 28.3 Å². The van der Waals surface area contributed by atoms with Crippen LogP contribution in [0.4, 0.5) is 0 Å². The average Bonchev–Trinajstić information content (AvgIpc) is 3.10. The number of hydrogen-bond acceptors (Lipinski definition) is 6. The Morgan fingerprint density at radius 1 is 1.13 bits per heavy atom. The minimum absolute atomic E-state index is 0.0430. The van der Waals surface area contributed by atoms with Crippen molar-refractivity contribution in [2.75, 3.05) is 25.2 Å². The van der Waals surface area contributed by atoms with Crippen molar-refractivity contribution in [1.82, 2.24) is 4.90 Å². The largest absolute Gasteiger partial charge is 0.452 e. The maximum Gasteiger partial charge on any atom is 0.338 e. The molecule has 2 aromatic carbocycles. The number of thioether (sulfide) groups is 1. The van der Waals surface area contributed by atoms with Gasteiger partial charge in [0.15, 0.2) is 16.4 Å². The van der Waals surface area contributed by atoms with Gasteiger partial charge in [0.05, 0.1) is 17.1 Å². The van der Waals surface area contributed by atoms with Crippen LogP contribution in [0, 0.1) is 0 Å². The third kappa shape index (κ3) is 6.23. The van der Waals surface area contributed by atoms with Gasteiger partial charge in [-0.15, -0.1) is 11.8 Å². The fourth-order valence-corrected chi connectivity index (χ4v) is 5.79. The van der Waals surface area contributed by atoms with E-state index in [4.69, 9.17) is 16.3 Å². The van der Waals surface area contributed by atoms with Crippen molar-refractivity contribution in [3.63, 3.8) is 0 Å². The lowest BCUT2D eigenvalue weighted by atomic mass is 10.1. The summed E-state index contributed by atoms with van der Waals surface area (Å²) in [5, 5.41) is 0.695. The summed E-state index contributed by atoms with van der Waals surface area (Å²) in [6, 6.07) is 14.2. The smallest absolute Gasteiger partial charge is 0.338 e. The Labute approximate surface area is 185 Å². The van der Waals surface area contributed by atoms with Gasteiger partial charge < -0.3 is 9.64 Å². The van der Waals surface area contributed by atoms with Gasteiger partial charge in [-0.2, -0.15) is 0 Å². The average molecular weight is 468 g/mol. The molecule has 0 radical (unpaired) electrons. The number of halogens is 1. The Hall–Kier alpha value is -2.03. The SMILES string of the molecule is CN(C(=O)COC(=O)c1ccc(CSc2ccc(Cl)cc2)cc1)[C@H]1CCS(=O)(=O)C1. The maximum atomic E-state index is 12.2. The summed E-state index contributed by atoms with van der Waals surface area (Å²) in [6.45, 7) is -0.417. The first-order valence-corrected chi connectivity index (χ1v) is 12.5. The van der Waals surface area contributed by atoms with E-state index >= 15 is 0 Å². The predicted molar refractivity (Wildman–Crippen MR) is 118 cm³/mol. The van der Waals surface area contributed by atoms with E-state index in [1.54, 1.807) is 23.9 Å². The molecule has 1 saturated heterocycles. The Morgan fingerprint density at radius 2 is 1.80 bits per heavy atom. The fraction of sp³-hybridized carbons (Fsp3) is 0.333. The number of amides is 1. The Bertz CT molecular complexity index is 1010. The number of carbonyl (C=O) groups is 2. The van der Waals surface area contributed by atoms with E-state index in [2.05, 4.69) is 0 Å². The Kier molecular flexibility index (Phi) is 7.44. The van der Waals surface area contributed by atoms with E-state index in [-0.39, 0.29) is 17.5 Å². The van der Waals surface area contributed by atoms with Gasteiger partial charge in [0.2, 0.25) is 0 Å². The number of hydrogen-bond donors (Lipinski definition) is 0. The number of carbonyl (C=O) groups excluding carboxylic acids is 2. The monoisotopic (exact) mass is 467 g/mol. The van der Waals surface area contributed by atoms with E-state index in [1.165, 1.54) is 11.9 Å². The van der Waals surface area contributed by atoms with Crippen molar-refractivity contribution >= 4 is 45.1 Å². The van der Waals surface area contributed by atoms with Gasteiger partial charge >= 0.3 is 5.97 Å². The molecule has 1 aliphatic heterocycles. The van der Waals surface area contributed by atoms with E-state index in [1.807, 2.05) is 36.4 Å². The molecule has 0 bridgehead atoms. The van der Waals surface area contributed by atoms with Crippen LogP contribution in [0.25, 0.3) is 0 Å². The van der Waals surface area contributed by atoms with Crippen LogP contribution in [0.5, 0.6) is 0 Å². The lowest BCUT2D eigenvalue weighted by Gasteiger charge is -2.23. The maximum absolute atomic E-state index is 12.2. The normalized spacial score (nSPS) is 17.5. The van der Waals surface area contributed by atoms with Crippen molar-refractivity contribution in [2.45, 2.75) is 23.1 Å². The first-order chi connectivity index (χ1) is 14.2. The summed E-state index contributed by atoms with van der Waals surface area (Å²) in [7, 11) is -1.55. The highest BCUT2D eigenvalue weighted by Gasteiger charge is 2.32. The number of likely N-dealkylation sites (N-methyl/N-ethyl adjacent to an activating group) is 1. The topological polar surface area (TPSA) is 80.8 Å². The second kappa shape index (κ2) is 9.85. The number of rotatable bonds is 7. The van der Waals surface area contributed by atoms with Gasteiger partial charge in [-0.1, -0.05) is 23.7 Å². The second-order valence-corrected chi connectivity index (χ2v) is 10.8. The zero-order valence-corrected chi connectivity index (χ0v) is 18.8. The highest BCUT2D eigenvalue weighted by molar-refractivity contribution is 7.98. The molecular weight excluding hydrogens is 446 g/mol. The quantitative estimate of drug-likeness (QED) is 0.458. The molecule has 1 amide bonds. The minimum Gasteiger partial charge on any atom is -0.452 e. The van der Waals surface area contributed by atoms with Gasteiger partial charge in [-0.05, 0) is 48.4 Å². The van der Waals surface area contributed by atoms with Gasteiger partial charge in [0.25, 0.3) is 5.91 Å². The van der Waals surface area contributed by atoms with Crippen molar-refractivity contribution in [3.8, 4) is 0 Å². The number of sulfone groups is 1. The second-order valence-electron chi connectivity index (χ2n) is 7.08. The Morgan fingerprint density at radius 3 is 2.40 bits per heavy atom. The molecule has 30 heavy (non-hydrogen) atoms. The van der Waals surface area contributed by atoms with Crippen LogP contribution in [-0.4, -0.2) is 56.4 Å². The van der Waals surface area contributed by atoms with Gasteiger partial charge in [0.1, 0.15) is 0 Å². The van der Waals surface area contributed by atoms with Crippen LogP contribution in [0.1, 0.15) is 22.3 Å². The Balaban J connectivity index is 1.47. The summed E-state index contributed by atoms with van der Waals surface area (Å²) >= 11 is 7.54. The molecule has 160 valence electrons. The van der Waals surface area contributed by atoms with Crippen LogP contribution in [0.3, 0.4) is 0 Å². The van der Waals surface area contributed by atoms with Crippen LogP contribution < -0.4 is 0 Å². The standard InChI is InChI=1S/C21H22ClNO5S2/c1-23(18-10-11-30(26,27)14-18)20(24)12-28-21(25)16-4-2-15(3-5-16)13-29-19-8-6-17(22)7-9-19/h2-9,18H,10-14H2,1H3/t18-/m0/s1. The van der Waals surface area contributed by atoms with Crippen LogP contribution in [0.15, 0.2) is 53.4 Å². The van der Waals surface area contributed by atoms with Gasteiger partial charge in [-0.3, -0.25) is 4.79 Å². The molecule has 9 heteroatoms. The lowest BCUT2D eigenvalue weighted by Crippen LogP contribution is -2.40. The third-order valence-corrected chi connectivity index (χ3v) is 7.97. The van der Waals surface area contributed by atoms with Crippen molar-refractivity contribution < 1.29 is 22.7 Å². The molecule has 0 N–H and O–H groups in total. The van der Waals surface area contributed by atoms with Crippen molar-refractivity contribution in [2.24, 2.45) is 0 Å². The molecule has 1 atom stereocenters. The van der Waals surface area contributed by atoms with Gasteiger partial charge in [-0.25, -0.2) is 13.2 Å². The lowest BCUT2D eigenvalue weighted by molar-refractivity contribution is -0.134. The number of esters is 1. The fourth-order valence-electron chi connectivity index (χ4n) is 3.03. The predicted octanol–water partition coefficient (Wildman–Crippen LogP) is 3.43. The van der Waals surface area contributed by atoms with Crippen LogP contribution in [0.2, 0.25) is 5.02 Å². The van der Waals surface area contributed by atoms with E-state index in [0.717, 1.165) is 16.2 Å². The zero-order chi connectivity index (χ0) is 21.7. The molecule has 0 saturated carbocycles. The molecule has 0 aliphatic carbocycles. The molecule has 1 heterocycles.